The van der Waals surface area contributed by atoms with Gasteiger partial charge in [0, 0.05) is 52.1 Å². The van der Waals surface area contributed by atoms with Crippen LogP contribution in [0.1, 0.15) is 77.6 Å². The van der Waals surface area contributed by atoms with Crippen LogP contribution in [0, 0.1) is 5.92 Å². The van der Waals surface area contributed by atoms with Crippen LogP contribution in [0.2, 0.25) is 0 Å². The van der Waals surface area contributed by atoms with Crippen LogP contribution in [-0.4, -0.2) is 71.1 Å². The first-order valence-corrected chi connectivity index (χ1v) is 11.4. The van der Waals surface area contributed by atoms with E-state index in [0.717, 1.165) is 45.3 Å². The third kappa shape index (κ3) is 6.45. The first-order chi connectivity index (χ1) is 13.4. The lowest BCUT2D eigenvalue weighted by Gasteiger charge is -2.38. The molecule has 0 unspecified atom stereocenters. The van der Waals surface area contributed by atoms with E-state index in [1.54, 1.807) is 6.92 Å². The average Bonchev–Trinajstić information content (AvgIpc) is 2.86. The van der Waals surface area contributed by atoms with Gasteiger partial charge in [-0.3, -0.25) is 9.59 Å². The summed E-state index contributed by atoms with van der Waals surface area (Å²) in [6.45, 7) is 5.56. The van der Waals surface area contributed by atoms with Gasteiger partial charge >= 0.3 is 0 Å². The SMILES string of the molecule is CC(=O)NC1CCN(C[C@@]2(O)CCCN(C(=O)CC3CCCCC3)CC2)CC1. The fourth-order valence-corrected chi connectivity index (χ4v) is 5.29. The Labute approximate surface area is 170 Å². The van der Waals surface area contributed by atoms with E-state index in [0.29, 0.717) is 37.8 Å². The molecule has 6 heteroatoms. The van der Waals surface area contributed by atoms with Crippen molar-refractivity contribution in [3.05, 3.63) is 0 Å². The highest BCUT2D eigenvalue weighted by molar-refractivity contribution is 5.76. The standard InChI is InChI=1S/C22H39N3O3/c1-18(26)23-20-8-13-24(14-9-20)17-22(28)10-5-12-25(15-11-22)21(27)16-19-6-3-2-4-7-19/h19-20,28H,2-17H2,1H3,(H,23,26)/t22-/m1/s1. The monoisotopic (exact) mass is 393 g/mol. The molecule has 0 aromatic heterocycles. The van der Waals surface area contributed by atoms with Crippen LogP contribution in [-0.2, 0) is 9.59 Å². The molecule has 2 amide bonds. The summed E-state index contributed by atoms with van der Waals surface area (Å²) in [5.41, 5.74) is -0.694. The molecule has 3 fully saturated rings. The molecule has 3 rings (SSSR count). The molecule has 1 atom stereocenters. The Morgan fingerprint density at radius 1 is 0.964 bits per heavy atom. The smallest absolute Gasteiger partial charge is 0.222 e. The van der Waals surface area contributed by atoms with Crippen LogP contribution >= 0.6 is 0 Å². The summed E-state index contributed by atoms with van der Waals surface area (Å²) in [6, 6.07) is 0.269. The summed E-state index contributed by atoms with van der Waals surface area (Å²) in [5, 5.41) is 14.2. The minimum Gasteiger partial charge on any atom is -0.388 e. The van der Waals surface area contributed by atoms with Crippen molar-refractivity contribution in [1.82, 2.24) is 15.1 Å². The number of hydrogen-bond donors (Lipinski definition) is 2. The minimum atomic E-state index is -0.694. The van der Waals surface area contributed by atoms with E-state index in [9.17, 15) is 14.7 Å². The highest BCUT2D eigenvalue weighted by atomic mass is 16.3. The maximum Gasteiger partial charge on any atom is 0.222 e. The molecule has 0 bridgehead atoms. The normalized spacial score (nSPS) is 28.7. The molecule has 2 saturated heterocycles. The van der Waals surface area contributed by atoms with Gasteiger partial charge in [-0.2, -0.15) is 0 Å². The van der Waals surface area contributed by atoms with Gasteiger partial charge in [0.15, 0.2) is 0 Å². The van der Waals surface area contributed by atoms with E-state index in [1.165, 1.54) is 32.1 Å². The Morgan fingerprint density at radius 2 is 1.68 bits per heavy atom. The van der Waals surface area contributed by atoms with Crippen molar-refractivity contribution in [2.24, 2.45) is 5.92 Å². The maximum atomic E-state index is 12.7. The molecule has 2 heterocycles. The van der Waals surface area contributed by atoms with Crippen LogP contribution in [0.15, 0.2) is 0 Å². The number of nitrogens with zero attached hydrogens (tertiary/aromatic N) is 2. The van der Waals surface area contributed by atoms with Crippen LogP contribution in [0.3, 0.4) is 0 Å². The van der Waals surface area contributed by atoms with Crippen LogP contribution in [0.5, 0.6) is 0 Å². The molecule has 28 heavy (non-hydrogen) atoms. The molecule has 160 valence electrons. The molecule has 1 aliphatic carbocycles. The average molecular weight is 394 g/mol. The second-order valence-electron chi connectivity index (χ2n) is 9.42. The molecule has 1 saturated carbocycles. The summed E-state index contributed by atoms with van der Waals surface area (Å²) in [7, 11) is 0. The largest absolute Gasteiger partial charge is 0.388 e. The fourth-order valence-electron chi connectivity index (χ4n) is 5.29. The molecule has 3 aliphatic rings. The molecule has 0 aromatic rings. The zero-order chi connectivity index (χ0) is 20.0. The molecular formula is C22H39N3O3. The van der Waals surface area contributed by atoms with Crippen molar-refractivity contribution in [1.29, 1.82) is 0 Å². The summed E-state index contributed by atoms with van der Waals surface area (Å²) >= 11 is 0. The Hall–Kier alpha value is -1.14. The third-order valence-corrected chi connectivity index (χ3v) is 6.97. The Balaban J connectivity index is 1.43. The van der Waals surface area contributed by atoms with Crippen molar-refractivity contribution in [2.45, 2.75) is 89.2 Å². The summed E-state index contributed by atoms with van der Waals surface area (Å²) in [5.74, 6) is 0.916. The van der Waals surface area contributed by atoms with Gasteiger partial charge in [-0.1, -0.05) is 19.3 Å². The van der Waals surface area contributed by atoms with E-state index in [2.05, 4.69) is 10.2 Å². The zero-order valence-corrected chi connectivity index (χ0v) is 17.6. The number of hydrogen-bond acceptors (Lipinski definition) is 4. The van der Waals surface area contributed by atoms with E-state index in [-0.39, 0.29) is 11.9 Å². The molecular weight excluding hydrogens is 354 g/mol. The number of aliphatic hydroxyl groups is 1. The number of piperidine rings is 1. The minimum absolute atomic E-state index is 0.0406. The Kier molecular flexibility index (Phi) is 7.75. The highest BCUT2D eigenvalue weighted by Gasteiger charge is 2.34. The number of β-amino-alcohol motifs (C(OH)–C–C–N with tert-alkyl or cyclic N) is 1. The first-order valence-electron chi connectivity index (χ1n) is 11.4. The maximum absolute atomic E-state index is 12.7. The predicted octanol–water partition coefficient (Wildman–Crippen LogP) is 2.30. The number of rotatable bonds is 5. The van der Waals surface area contributed by atoms with Gasteiger partial charge < -0.3 is 20.2 Å². The topological polar surface area (TPSA) is 72.9 Å². The predicted molar refractivity (Wildman–Crippen MR) is 110 cm³/mol. The fraction of sp³-hybridized carbons (Fsp3) is 0.909. The van der Waals surface area contributed by atoms with Crippen molar-refractivity contribution in [3.63, 3.8) is 0 Å². The van der Waals surface area contributed by atoms with Crippen molar-refractivity contribution >= 4 is 11.8 Å². The van der Waals surface area contributed by atoms with Crippen molar-refractivity contribution < 1.29 is 14.7 Å². The Bertz CT molecular complexity index is 527. The lowest BCUT2D eigenvalue weighted by molar-refractivity contribution is -0.132. The molecule has 0 spiro atoms. The van der Waals surface area contributed by atoms with E-state index >= 15 is 0 Å². The van der Waals surface area contributed by atoms with Gasteiger partial charge in [0.2, 0.25) is 11.8 Å². The summed E-state index contributed by atoms with van der Waals surface area (Å²) in [4.78, 5) is 28.3. The van der Waals surface area contributed by atoms with Crippen molar-refractivity contribution in [2.75, 3.05) is 32.7 Å². The second kappa shape index (κ2) is 10.1. The van der Waals surface area contributed by atoms with E-state index in [1.807, 2.05) is 4.90 Å². The molecule has 0 radical (unpaired) electrons. The second-order valence-corrected chi connectivity index (χ2v) is 9.42. The summed E-state index contributed by atoms with van der Waals surface area (Å²) in [6.07, 6.45) is 11.2. The van der Waals surface area contributed by atoms with Gasteiger partial charge in [0.05, 0.1) is 5.60 Å². The molecule has 0 aromatic carbocycles. The third-order valence-electron chi connectivity index (χ3n) is 6.97. The molecule has 6 nitrogen and oxygen atoms in total. The quantitative estimate of drug-likeness (QED) is 0.752. The van der Waals surface area contributed by atoms with Crippen LogP contribution < -0.4 is 5.32 Å². The molecule has 2 aliphatic heterocycles. The van der Waals surface area contributed by atoms with Gasteiger partial charge in [-0.25, -0.2) is 0 Å². The van der Waals surface area contributed by atoms with Crippen LogP contribution in [0.4, 0.5) is 0 Å². The van der Waals surface area contributed by atoms with E-state index in [4.69, 9.17) is 0 Å². The highest BCUT2D eigenvalue weighted by Crippen LogP contribution is 2.29. The first kappa shape index (κ1) is 21.6. The number of amides is 2. The number of carbonyl (C=O) groups is 2. The number of likely N-dealkylation sites (tertiary alicyclic amines) is 2. The van der Waals surface area contributed by atoms with Gasteiger partial charge in [-0.05, 0) is 50.9 Å². The van der Waals surface area contributed by atoms with Gasteiger partial charge in [0.25, 0.3) is 0 Å². The summed E-state index contributed by atoms with van der Waals surface area (Å²) < 4.78 is 0. The lowest BCUT2D eigenvalue weighted by atomic mass is 9.86. The Morgan fingerprint density at radius 3 is 2.36 bits per heavy atom. The number of nitrogens with one attached hydrogen (secondary N) is 1. The molecule has 2 N–H and O–H groups in total. The van der Waals surface area contributed by atoms with Gasteiger partial charge in [0.1, 0.15) is 0 Å². The van der Waals surface area contributed by atoms with Gasteiger partial charge in [-0.15, -0.1) is 0 Å². The van der Waals surface area contributed by atoms with E-state index < -0.39 is 5.60 Å². The number of carbonyl (C=O) groups excluding carboxylic acids is 2. The zero-order valence-electron chi connectivity index (χ0n) is 17.6. The van der Waals surface area contributed by atoms with Crippen molar-refractivity contribution in [3.8, 4) is 0 Å². The van der Waals surface area contributed by atoms with Crippen LogP contribution in [0.25, 0.3) is 0 Å². The lowest BCUT2D eigenvalue weighted by Crippen LogP contribution is -2.50.